The van der Waals surface area contributed by atoms with E-state index in [9.17, 15) is 4.79 Å². The highest BCUT2D eigenvalue weighted by Crippen LogP contribution is 2.38. The van der Waals surface area contributed by atoms with Gasteiger partial charge in [0.25, 0.3) is 5.91 Å². The zero-order valence-corrected chi connectivity index (χ0v) is 14.3. The van der Waals surface area contributed by atoms with E-state index >= 15 is 0 Å². The number of amides is 1. The number of aromatic nitrogens is 2. The maximum Gasteiger partial charge on any atom is 0.272 e. The Morgan fingerprint density at radius 3 is 2.74 bits per heavy atom. The van der Waals surface area contributed by atoms with Crippen molar-refractivity contribution in [2.75, 3.05) is 39.9 Å². The molecule has 2 fully saturated rings. The molecule has 1 spiro atoms. The largest absolute Gasteiger partial charge is 0.383 e. The molecule has 6 nitrogen and oxygen atoms in total. The fourth-order valence-corrected chi connectivity index (χ4v) is 4.24. The number of ether oxygens (including phenoxy) is 1. The third-order valence-electron chi connectivity index (χ3n) is 5.55. The SMILES string of the molecule is COCCN1CCCC12CCCN(C(=O)c1ccnn1C)CC2. The highest BCUT2D eigenvalue weighted by molar-refractivity contribution is 5.92. The molecule has 1 aromatic rings. The second kappa shape index (κ2) is 7.01. The molecule has 1 atom stereocenters. The summed E-state index contributed by atoms with van der Waals surface area (Å²) in [4.78, 5) is 17.3. The number of carbonyl (C=O) groups is 1. The molecule has 0 saturated carbocycles. The molecule has 0 aliphatic carbocycles. The van der Waals surface area contributed by atoms with Crippen molar-refractivity contribution in [3.63, 3.8) is 0 Å². The van der Waals surface area contributed by atoms with Gasteiger partial charge in [-0.15, -0.1) is 0 Å². The van der Waals surface area contributed by atoms with Gasteiger partial charge in [0.2, 0.25) is 0 Å². The van der Waals surface area contributed by atoms with Crippen LogP contribution in [0.1, 0.15) is 42.6 Å². The quantitative estimate of drug-likeness (QED) is 0.844. The summed E-state index contributed by atoms with van der Waals surface area (Å²) < 4.78 is 6.94. The average Bonchev–Trinajstić information content (AvgIpc) is 3.07. The van der Waals surface area contributed by atoms with Crippen molar-refractivity contribution in [1.82, 2.24) is 19.6 Å². The Morgan fingerprint density at radius 1 is 1.26 bits per heavy atom. The van der Waals surface area contributed by atoms with Crippen LogP contribution in [0.25, 0.3) is 0 Å². The van der Waals surface area contributed by atoms with Crippen LogP contribution < -0.4 is 0 Å². The second-order valence-corrected chi connectivity index (χ2v) is 6.79. The van der Waals surface area contributed by atoms with Gasteiger partial charge in [-0.3, -0.25) is 14.4 Å². The molecule has 1 unspecified atom stereocenters. The molecule has 0 radical (unpaired) electrons. The van der Waals surface area contributed by atoms with Crippen LogP contribution in [-0.2, 0) is 11.8 Å². The molecule has 23 heavy (non-hydrogen) atoms. The summed E-state index contributed by atoms with van der Waals surface area (Å²) in [5, 5.41) is 4.12. The molecule has 0 bridgehead atoms. The molecule has 3 rings (SSSR count). The molecule has 0 N–H and O–H groups in total. The van der Waals surface area contributed by atoms with E-state index in [0.717, 1.165) is 39.1 Å². The summed E-state index contributed by atoms with van der Waals surface area (Å²) >= 11 is 0. The van der Waals surface area contributed by atoms with E-state index in [2.05, 4.69) is 10.00 Å². The van der Waals surface area contributed by atoms with Crippen molar-refractivity contribution in [3.05, 3.63) is 18.0 Å². The van der Waals surface area contributed by atoms with Gasteiger partial charge < -0.3 is 9.64 Å². The van der Waals surface area contributed by atoms with Gasteiger partial charge in [-0.05, 0) is 44.7 Å². The normalized spacial score (nSPS) is 25.9. The van der Waals surface area contributed by atoms with Crippen LogP contribution in [0.5, 0.6) is 0 Å². The Hall–Kier alpha value is -1.40. The maximum atomic E-state index is 12.7. The van der Waals surface area contributed by atoms with Crippen molar-refractivity contribution < 1.29 is 9.53 Å². The van der Waals surface area contributed by atoms with Crippen LogP contribution in [-0.4, -0.2) is 70.9 Å². The monoisotopic (exact) mass is 320 g/mol. The van der Waals surface area contributed by atoms with Crippen LogP contribution in [0.3, 0.4) is 0 Å². The summed E-state index contributed by atoms with van der Waals surface area (Å²) in [5.41, 5.74) is 0.962. The molecule has 128 valence electrons. The summed E-state index contributed by atoms with van der Waals surface area (Å²) in [7, 11) is 3.60. The fourth-order valence-electron chi connectivity index (χ4n) is 4.24. The van der Waals surface area contributed by atoms with Gasteiger partial charge in [-0.2, -0.15) is 5.10 Å². The zero-order valence-electron chi connectivity index (χ0n) is 14.3. The van der Waals surface area contributed by atoms with Crippen LogP contribution in [0, 0.1) is 0 Å². The van der Waals surface area contributed by atoms with E-state index in [1.807, 2.05) is 18.0 Å². The molecule has 2 aliphatic heterocycles. The van der Waals surface area contributed by atoms with Crippen molar-refractivity contribution >= 4 is 5.91 Å². The van der Waals surface area contributed by atoms with Gasteiger partial charge in [0, 0.05) is 45.5 Å². The van der Waals surface area contributed by atoms with Crippen molar-refractivity contribution in [1.29, 1.82) is 0 Å². The molecule has 1 amide bonds. The predicted molar refractivity (Wildman–Crippen MR) is 88.4 cm³/mol. The number of carbonyl (C=O) groups excluding carboxylic acids is 1. The van der Waals surface area contributed by atoms with Crippen LogP contribution in [0.2, 0.25) is 0 Å². The first kappa shape index (κ1) is 16.5. The molecule has 1 aromatic heterocycles. The fraction of sp³-hybridized carbons (Fsp3) is 0.765. The third kappa shape index (κ3) is 3.28. The highest BCUT2D eigenvalue weighted by atomic mass is 16.5. The van der Waals surface area contributed by atoms with E-state index < -0.39 is 0 Å². The average molecular weight is 320 g/mol. The highest BCUT2D eigenvalue weighted by Gasteiger charge is 2.41. The number of likely N-dealkylation sites (tertiary alicyclic amines) is 2. The lowest BCUT2D eigenvalue weighted by Crippen LogP contribution is -2.46. The van der Waals surface area contributed by atoms with Crippen LogP contribution >= 0.6 is 0 Å². The van der Waals surface area contributed by atoms with Gasteiger partial charge in [0.05, 0.1) is 6.61 Å². The van der Waals surface area contributed by atoms with Gasteiger partial charge >= 0.3 is 0 Å². The minimum absolute atomic E-state index is 0.114. The van der Waals surface area contributed by atoms with Crippen LogP contribution in [0.15, 0.2) is 12.3 Å². The third-order valence-corrected chi connectivity index (χ3v) is 5.55. The minimum Gasteiger partial charge on any atom is -0.383 e. The van der Waals surface area contributed by atoms with Crippen LogP contribution in [0.4, 0.5) is 0 Å². The summed E-state index contributed by atoms with van der Waals surface area (Å²) in [6.07, 6.45) is 7.54. The molecule has 6 heteroatoms. The Kier molecular flexibility index (Phi) is 5.02. The zero-order chi connectivity index (χ0) is 16.3. The summed E-state index contributed by atoms with van der Waals surface area (Å²) in [6.45, 7) is 4.65. The van der Waals surface area contributed by atoms with E-state index in [-0.39, 0.29) is 11.4 Å². The Labute approximate surface area is 138 Å². The van der Waals surface area contributed by atoms with Gasteiger partial charge in [-0.1, -0.05) is 0 Å². The van der Waals surface area contributed by atoms with Gasteiger partial charge in [-0.25, -0.2) is 0 Å². The van der Waals surface area contributed by atoms with Crippen molar-refractivity contribution in [3.8, 4) is 0 Å². The predicted octanol–water partition coefficient (Wildman–Crippen LogP) is 1.53. The topological polar surface area (TPSA) is 50.6 Å². The Morgan fingerprint density at radius 2 is 2.04 bits per heavy atom. The summed E-state index contributed by atoms with van der Waals surface area (Å²) in [5.74, 6) is 0.114. The van der Waals surface area contributed by atoms with Crippen molar-refractivity contribution in [2.24, 2.45) is 7.05 Å². The number of hydrogen-bond donors (Lipinski definition) is 0. The van der Waals surface area contributed by atoms with Gasteiger partial charge in [0.1, 0.15) is 5.69 Å². The first-order valence-corrected chi connectivity index (χ1v) is 8.67. The number of hydrogen-bond acceptors (Lipinski definition) is 4. The number of rotatable bonds is 4. The first-order valence-electron chi connectivity index (χ1n) is 8.67. The maximum absolute atomic E-state index is 12.7. The standard InChI is InChI=1S/C17H28N4O2/c1-19-15(5-9-18-19)16(22)20-10-3-6-17(8-12-20)7-4-11-21(17)13-14-23-2/h5,9H,3-4,6-8,10-14H2,1-2H3. The molecular weight excluding hydrogens is 292 g/mol. The number of nitrogens with zero attached hydrogens (tertiary/aromatic N) is 4. The molecular formula is C17H28N4O2. The smallest absolute Gasteiger partial charge is 0.272 e. The first-order chi connectivity index (χ1) is 11.2. The number of methoxy groups -OCH3 is 1. The molecule has 3 heterocycles. The van der Waals surface area contributed by atoms with E-state index in [4.69, 9.17) is 4.74 Å². The number of aryl methyl sites for hydroxylation is 1. The lowest BCUT2D eigenvalue weighted by molar-refractivity contribution is 0.0690. The second-order valence-electron chi connectivity index (χ2n) is 6.79. The lowest BCUT2D eigenvalue weighted by atomic mass is 9.88. The lowest BCUT2D eigenvalue weighted by Gasteiger charge is -2.38. The van der Waals surface area contributed by atoms with E-state index in [1.165, 1.54) is 25.8 Å². The van der Waals surface area contributed by atoms with E-state index in [1.54, 1.807) is 18.0 Å². The van der Waals surface area contributed by atoms with E-state index in [0.29, 0.717) is 5.69 Å². The Bertz CT molecular complexity index is 544. The molecule has 0 aromatic carbocycles. The molecule has 2 aliphatic rings. The van der Waals surface area contributed by atoms with Crippen molar-refractivity contribution in [2.45, 2.75) is 37.6 Å². The van der Waals surface area contributed by atoms with Gasteiger partial charge in [0.15, 0.2) is 0 Å². The summed E-state index contributed by atoms with van der Waals surface area (Å²) in [6, 6.07) is 1.81. The minimum atomic E-state index is 0.114. The molecule has 2 saturated heterocycles. The Balaban J connectivity index is 1.67.